The van der Waals surface area contributed by atoms with E-state index in [-0.39, 0.29) is 5.69 Å². The lowest BCUT2D eigenvalue weighted by atomic mass is 10.2. The molecule has 0 aliphatic rings. The van der Waals surface area contributed by atoms with Gasteiger partial charge in [0.15, 0.2) is 5.82 Å². The van der Waals surface area contributed by atoms with Crippen LogP contribution >= 0.6 is 22.9 Å². The third kappa shape index (κ3) is 2.18. The van der Waals surface area contributed by atoms with Crippen LogP contribution in [0.4, 0.5) is 5.82 Å². The summed E-state index contributed by atoms with van der Waals surface area (Å²) in [7, 11) is 1.76. The first-order chi connectivity index (χ1) is 11.2. The molecule has 0 radical (unpaired) electrons. The summed E-state index contributed by atoms with van der Waals surface area (Å²) < 4.78 is 3.54. The zero-order valence-corrected chi connectivity index (χ0v) is 13.6. The Morgan fingerprint density at radius 3 is 2.91 bits per heavy atom. The van der Waals surface area contributed by atoms with Crippen molar-refractivity contribution in [2.24, 2.45) is 0 Å². The predicted molar refractivity (Wildman–Crippen MR) is 95.1 cm³/mol. The first kappa shape index (κ1) is 14.2. The SMILES string of the molecule is CNc1nc(=O)n(-c2cccnc2)c2c1sc1ccc(Cl)cc12. The Hall–Kier alpha value is -2.44. The lowest BCUT2D eigenvalue weighted by Crippen LogP contribution is -2.22. The summed E-state index contributed by atoms with van der Waals surface area (Å²) >= 11 is 7.74. The second-order valence-corrected chi connectivity index (χ2v) is 6.45. The standard InChI is InChI=1S/C16H11ClN4OS/c1-18-15-14-13(11-7-9(17)4-5-12(11)23-14)21(16(22)20-15)10-3-2-6-19-8-10/h2-8H,1H3,(H,18,20,22). The molecule has 0 spiro atoms. The number of thiophene rings is 1. The van der Waals surface area contributed by atoms with Gasteiger partial charge < -0.3 is 5.32 Å². The highest BCUT2D eigenvalue weighted by Crippen LogP contribution is 2.38. The van der Waals surface area contributed by atoms with Crippen molar-refractivity contribution in [3.8, 4) is 5.69 Å². The van der Waals surface area contributed by atoms with Gasteiger partial charge in [0, 0.05) is 28.4 Å². The maximum absolute atomic E-state index is 12.6. The van der Waals surface area contributed by atoms with Crippen molar-refractivity contribution in [1.29, 1.82) is 0 Å². The van der Waals surface area contributed by atoms with Crippen molar-refractivity contribution in [1.82, 2.24) is 14.5 Å². The number of halogens is 1. The fraction of sp³-hybridized carbons (Fsp3) is 0.0625. The molecule has 23 heavy (non-hydrogen) atoms. The Bertz CT molecular complexity index is 1090. The van der Waals surface area contributed by atoms with Gasteiger partial charge in [0.2, 0.25) is 0 Å². The summed E-state index contributed by atoms with van der Waals surface area (Å²) in [5, 5.41) is 4.56. The van der Waals surface area contributed by atoms with Crippen LogP contribution in [0.3, 0.4) is 0 Å². The van der Waals surface area contributed by atoms with Gasteiger partial charge in [0.1, 0.15) is 0 Å². The third-order valence-electron chi connectivity index (χ3n) is 3.60. The summed E-state index contributed by atoms with van der Waals surface area (Å²) in [6, 6.07) is 9.31. The van der Waals surface area contributed by atoms with E-state index in [0.717, 1.165) is 20.3 Å². The van der Waals surface area contributed by atoms with Crippen LogP contribution in [-0.2, 0) is 0 Å². The summed E-state index contributed by atoms with van der Waals surface area (Å²) in [5.41, 5.74) is 1.12. The van der Waals surface area contributed by atoms with Crippen molar-refractivity contribution in [3.05, 3.63) is 58.2 Å². The van der Waals surface area contributed by atoms with Gasteiger partial charge in [-0.15, -0.1) is 11.3 Å². The van der Waals surface area contributed by atoms with Crippen LogP contribution in [0, 0.1) is 0 Å². The molecule has 7 heteroatoms. The van der Waals surface area contributed by atoms with E-state index in [0.29, 0.717) is 16.5 Å². The highest BCUT2D eigenvalue weighted by Gasteiger charge is 2.17. The van der Waals surface area contributed by atoms with Crippen molar-refractivity contribution in [3.63, 3.8) is 0 Å². The molecule has 0 saturated carbocycles. The normalized spacial score (nSPS) is 11.2. The van der Waals surface area contributed by atoms with Crippen LogP contribution in [0.5, 0.6) is 0 Å². The molecule has 0 saturated heterocycles. The molecule has 0 atom stereocenters. The molecule has 114 valence electrons. The molecule has 0 amide bonds. The van der Waals surface area contributed by atoms with Gasteiger partial charge in [0.25, 0.3) is 0 Å². The molecular formula is C16H11ClN4OS. The molecule has 4 rings (SSSR count). The molecule has 0 aliphatic heterocycles. The lowest BCUT2D eigenvalue weighted by molar-refractivity contribution is 0.958. The van der Waals surface area contributed by atoms with Crippen LogP contribution in [0.15, 0.2) is 47.5 Å². The zero-order valence-electron chi connectivity index (χ0n) is 12.1. The number of fused-ring (bicyclic) bond motifs is 3. The van der Waals surface area contributed by atoms with Crippen molar-refractivity contribution in [2.45, 2.75) is 0 Å². The summed E-state index contributed by atoms with van der Waals surface area (Å²) in [6.45, 7) is 0. The molecular weight excluding hydrogens is 332 g/mol. The maximum Gasteiger partial charge on any atom is 0.354 e. The molecule has 5 nitrogen and oxygen atoms in total. The van der Waals surface area contributed by atoms with Gasteiger partial charge in [-0.3, -0.25) is 9.55 Å². The van der Waals surface area contributed by atoms with Crippen LogP contribution in [-0.4, -0.2) is 21.6 Å². The van der Waals surface area contributed by atoms with E-state index >= 15 is 0 Å². The summed E-state index contributed by atoms with van der Waals surface area (Å²) in [6.07, 6.45) is 3.32. The number of aromatic nitrogens is 3. The van der Waals surface area contributed by atoms with Crippen LogP contribution in [0.2, 0.25) is 5.02 Å². The van der Waals surface area contributed by atoms with Crippen molar-refractivity contribution >= 4 is 49.1 Å². The van der Waals surface area contributed by atoms with Crippen molar-refractivity contribution < 1.29 is 0 Å². The molecule has 0 unspecified atom stereocenters. The number of rotatable bonds is 2. The van der Waals surface area contributed by atoms with E-state index in [1.807, 2.05) is 24.3 Å². The van der Waals surface area contributed by atoms with Crippen molar-refractivity contribution in [2.75, 3.05) is 12.4 Å². The number of nitrogens with one attached hydrogen (secondary N) is 1. The van der Waals surface area contributed by atoms with Crippen LogP contribution in [0.1, 0.15) is 0 Å². The maximum atomic E-state index is 12.6. The van der Waals surface area contributed by atoms with E-state index in [4.69, 9.17) is 11.6 Å². The highest BCUT2D eigenvalue weighted by atomic mass is 35.5. The molecule has 4 aromatic rings. The minimum Gasteiger partial charge on any atom is -0.372 e. The van der Waals surface area contributed by atoms with E-state index in [2.05, 4.69) is 15.3 Å². The van der Waals surface area contributed by atoms with Gasteiger partial charge in [-0.1, -0.05) is 11.6 Å². The quantitative estimate of drug-likeness (QED) is 0.603. The Morgan fingerprint density at radius 1 is 1.30 bits per heavy atom. The number of anilines is 1. The molecule has 0 aliphatic carbocycles. The third-order valence-corrected chi connectivity index (χ3v) is 5.00. The number of hydrogen-bond acceptors (Lipinski definition) is 5. The van der Waals surface area contributed by atoms with E-state index in [1.54, 1.807) is 41.4 Å². The zero-order chi connectivity index (χ0) is 16.0. The Morgan fingerprint density at radius 2 is 2.17 bits per heavy atom. The number of hydrogen-bond donors (Lipinski definition) is 1. The minimum absolute atomic E-state index is 0.352. The largest absolute Gasteiger partial charge is 0.372 e. The summed E-state index contributed by atoms with van der Waals surface area (Å²) in [4.78, 5) is 20.9. The molecule has 3 aromatic heterocycles. The fourth-order valence-corrected chi connectivity index (χ4v) is 3.96. The van der Waals surface area contributed by atoms with Gasteiger partial charge in [-0.25, -0.2) is 4.79 Å². The second kappa shape index (κ2) is 5.33. The topological polar surface area (TPSA) is 59.8 Å². The Balaban J connectivity index is 2.26. The highest BCUT2D eigenvalue weighted by molar-refractivity contribution is 7.26. The van der Waals surface area contributed by atoms with Gasteiger partial charge >= 0.3 is 5.69 Å². The first-order valence-corrected chi connectivity index (χ1v) is 8.11. The Labute approximate surface area is 140 Å². The second-order valence-electron chi connectivity index (χ2n) is 4.96. The predicted octanol–water partition coefficient (Wildman–Crippen LogP) is 3.69. The number of benzene rings is 1. The van der Waals surface area contributed by atoms with Crippen LogP contribution in [0.25, 0.3) is 26.0 Å². The molecule has 1 N–H and O–H groups in total. The minimum atomic E-state index is -0.352. The number of pyridine rings is 1. The van der Waals surface area contributed by atoms with E-state index < -0.39 is 0 Å². The lowest BCUT2D eigenvalue weighted by Gasteiger charge is -2.09. The summed E-state index contributed by atoms with van der Waals surface area (Å²) in [5.74, 6) is 0.572. The molecule has 1 aromatic carbocycles. The monoisotopic (exact) mass is 342 g/mol. The van der Waals surface area contributed by atoms with Gasteiger partial charge in [-0.2, -0.15) is 4.98 Å². The van der Waals surface area contributed by atoms with E-state index in [1.165, 1.54) is 0 Å². The number of nitrogens with zero attached hydrogens (tertiary/aromatic N) is 3. The smallest absolute Gasteiger partial charge is 0.354 e. The fourth-order valence-electron chi connectivity index (χ4n) is 2.63. The molecule has 0 fully saturated rings. The van der Waals surface area contributed by atoms with Crippen LogP contribution < -0.4 is 11.0 Å². The average Bonchev–Trinajstić information content (AvgIpc) is 2.93. The van der Waals surface area contributed by atoms with E-state index in [9.17, 15) is 4.79 Å². The van der Waals surface area contributed by atoms with Gasteiger partial charge in [-0.05, 0) is 30.3 Å². The Kier molecular flexibility index (Phi) is 3.28. The molecule has 0 bridgehead atoms. The first-order valence-electron chi connectivity index (χ1n) is 6.92. The molecule has 3 heterocycles. The average molecular weight is 343 g/mol. The van der Waals surface area contributed by atoms with Gasteiger partial charge in [0.05, 0.1) is 22.1 Å².